The monoisotopic (exact) mass is 366 g/mol. The molecule has 0 aliphatic carbocycles. The number of halogens is 1. The Kier molecular flexibility index (Phi) is 6.90. The summed E-state index contributed by atoms with van der Waals surface area (Å²) >= 11 is 3.49. The van der Waals surface area contributed by atoms with Crippen LogP contribution in [0.3, 0.4) is 0 Å². The van der Waals surface area contributed by atoms with Gasteiger partial charge in [0.15, 0.2) is 0 Å². The summed E-state index contributed by atoms with van der Waals surface area (Å²) in [5.74, 6) is 1.35. The second kappa shape index (κ2) is 8.68. The van der Waals surface area contributed by atoms with Crippen molar-refractivity contribution >= 4 is 21.8 Å². The zero-order chi connectivity index (χ0) is 15.9. The van der Waals surface area contributed by atoms with Gasteiger partial charge in [-0.2, -0.15) is 0 Å². The Morgan fingerprint density at radius 1 is 1.36 bits per heavy atom. The van der Waals surface area contributed by atoms with Gasteiger partial charge in [-0.05, 0) is 68.8 Å². The van der Waals surface area contributed by atoms with Crippen LogP contribution in [0.15, 0.2) is 28.7 Å². The van der Waals surface area contributed by atoms with Crippen molar-refractivity contribution in [3.8, 4) is 0 Å². The summed E-state index contributed by atoms with van der Waals surface area (Å²) in [5, 5.41) is 6.53. The minimum Gasteiger partial charge on any atom is -0.353 e. The maximum Gasteiger partial charge on any atom is 0.220 e. The third kappa shape index (κ3) is 5.73. The highest BCUT2D eigenvalue weighted by Gasteiger charge is 2.22. The maximum absolute atomic E-state index is 12.2. The van der Waals surface area contributed by atoms with Crippen molar-refractivity contribution in [2.75, 3.05) is 13.1 Å². The quantitative estimate of drug-likeness (QED) is 0.808. The van der Waals surface area contributed by atoms with Gasteiger partial charge in [0, 0.05) is 16.9 Å². The molecule has 0 bridgehead atoms. The molecule has 0 aromatic heterocycles. The van der Waals surface area contributed by atoms with Gasteiger partial charge >= 0.3 is 0 Å². The predicted molar refractivity (Wildman–Crippen MR) is 94.8 cm³/mol. The number of amides is 1. The smallest absolute Gasteiger partial charge is 0.220 e. The average Bonchev–Trinajstić information content (AvgIpc) is 2.47. The Labute approximate surface area is 142 Å². The Morgan fingerprint density at radius 2 is 2.09 bits per heavy atom. The van der Waals surface area contributed by atoms with E-state index in [0.29, 0.717) is 18.3 Å². The largest absolute Gasteiger partial charge is 0.353 e. The van der Waals surface area contributed by atoms with Gasteiger partial charge in [0.2, 0.25) is 5.91 Å². The van der Waals surface area contributed by atoms with E-state index in [1.54, 1.807) is 0 Å². The molecule has 1 amide bonds. The highest BCUT2D eigenvalue weighted by molar-refractivity contribution is 9.10. The van der Waals surface area contributed by atoms with Crippen LogP contribution in [0.5, 0.6) is 0 Å². The van der Waals surface area contributed by atoms with Crippen molar-refractivity contribution in [1.29, 1.82) is 0 Å². The van der Waals surface area contributed by atoms with E-state index < -0.39 is 0 Å². The van der Waals surface area contributed by atoms with Crippen LogP contribution in [-0.2, 0) is 11.2 Å². The number of nitrogens with one attached hydrogen (secondary N) is 2. The zero-order valence-corrected chi connectivity index (χ0v) is 15.2. The molecule has 3 nitrogen and oxygen atoms in total. The molecule has 1 aliphatic heterocycles. The summed E-state index contributed by atoms with van der Waals surface area (Å²) in [7, 11) is 0. The lowest BCUT2D eigenvalue weighted by molar-refractivity contribution is -0.122. The standard InChI is InChI=1S/C18H27BrN2O/c1-13(16-6-8-20-9-7-16)10-18(22)21-14(2)11-15-4-3-5-17(19)12-15/h3-5,12-14,16,20H,6-11H2,1-2H3,(H,21,22). The fraction of sp³-hybridized carbons (Fsp3) is 0.611. The van der Waals surface area contributed by atoms with Crippen LogP contribution in [-0.4, -0.2) is 25.0 Å². The van der Waals surface area contributed by atoms with E-state index in [1.165, 1.54) is 18.4 Å². The van der Waals surface area contributed by atoms with Gasteiger partial charge in [-0.3, -0.25) is 4.79 Å². The van der Waals surface area contributed by atoms with E-state index in [2.05, 4.69) is 52.5 Å². The van der Waals surface area contributed by atoms with Gasteiger partial charge in [-0.15, -0.1) is 0 Å². The number of carbonyl (C=O) groups is 1. The predicted octanol–water partition coefficient (Wildman–Crippen LogP) is 3.52. The number of hydrogen-bond acceptors (Lipinski definition) is 2. The SMILES string of the molecule is CC(Cc1cccc(Br)c1)NC(=O)CC(C)C1CCNCC1. The molecule has 2 unspecified atom stereocenters. The van der Waals surface area contributed by atoms with Gasteiger partial charge in [-0.1, -0.05) is 35.0 Å². The number of rotatable bonds is 6. The Morgan fingerprint density at radius 3 is 2.77 bits per heavy atom. The van der Waals surface area contributed by atoms with Crippen molar-refractivity contribution < 1.29 is 4.79 Å². The van der Waals surface area contributed by atoms with Gasteiger partial charge in [-0.25, -0.2) is 0 Å². The number of piperidine rings is 1. The van der Waals surface area contributed by atoms with Crippen LogP contribution in [0, 0.1) is 11.8 Å². The molecule has 2 N–H and O–H groups in total. The van der Waals surface area contributed by atoms with E-state index in [4.69, 9.17) is 0 Å². The summed E-state index contributed by atoms with van der Waals surface area (Å²) in [6, 6.07) is 8.44. The molecule has 4 heteroatoms. The topological polar surface area (TPSA) is 41.1 Å². The summed E-state index contributed by atoms with van der Waals surface area (Å²) in [6.07, 6.45) is 3.91. The summed E-state index contributed by atoms with van der Waals surface area (Å²) in [6.45, 7) is 6.48. The molecule has 1 heterocycles. The normalized spacial score (nSPS) is 18.7. The van der Waals surface area contributed by atoms with Crippen LogP contribution in [0.4, 0.5) is 0 Å². The zero-order valence-electron chi connectivity index (χ0n) is 13.6. The third-order valence-corrected chi connectivity index (χ3v) is 5.03. The average molecular weight is 367 g/mol. The molecule has 0 radical (unpaired) electrons. The number of hydrogen-bond donors (Lipinski definition) is 2. The van der Waals surface area contributed by atoms with E-state index in [-0.39, 0.29) is 11.9 Å². The molecule has 1 saturated heterocycles. The molecule has 0 saturated carbocycles. The lowest BCUT2D eigenvalue weighted by atomic mass is 9.84. The Hall–Kier alpha value is -0.870. The Balaban J connectivity index is 1.75. The third-order valence-electron chi connectivity index (χ3n) is 4.53. The van der Waals surface area contributed by atoms with Crippen LogP contribution < -0.4 is 10.6 Å². The second-order valence-corrected chi connectivity index (χ2v) is 7.49. The minimum absolute atomic E-state index is 0.169. The van der Waals surface area contributed by atoms with Crippen molar-refractivity contribution in [2.24, 2.45) is 11.8 Å². The van der Waals surface area contributed by atoms with Gasteiger partial charge in [0.05, 0.1) is 0 Å². The molecule has 0 spiro atoms. The lowest BCUT2D eigenvalue weighted by Gasteiger charge is -2.28. The van der Waals surface area contributed by atoms with E-state index in [1.807, 2.05) is 12.1 Å². The first-order valence-electron chi connectivity index (χ1n) is 8.29. The maximum atomic E-state index is 12.2. The van der Waals surface area contributed by atoms with Crippen molar-refractivity contribution in [1.82, 2.24) is 10.6 Å². The first kappa shape index (κ1) is 17.5. The van der Waals surface area contributed by atoms with Crippen molar-refractivity contribution in [2.45, 2.75) is 45.6 Å². The number of benzene rings is 1. The van der Waals surface area contributed by atoms with Crippen LogP contribution in [0.2, 0.25) is 0 Å². The van der Waals surface area contributed by atoms with Crippen LogP contribution in [0.1, 0.15) is 38.7 Å². The van der Waals surface area contributed by atoms with Crippen molar-refractivity contribution in [3.05, 3.63) is 34.3 Å². The fourth-order valence-corrected chi connectivity index (χ4v) is 3.72. The summed E-state index contributed by atoms with van der Waals surface area (Å²) in [4.78, 5) is 12.2. The molecule has 2 rings (SSSR count). The molecule has 1 aromatic carbocycles. The van der Waals surface area contributed by atoms with Crippen LogP contribution in [0.25, 0.3) is 0 Å². The van der Waals surface area contributed by atoms with Gasteiger partial charge in [0.1, 0.15) is 0 Å². The molecule has 2 atom stereocenters. The van der Waals surface area contributed by atoms with Crippen LogP contribution >= 0.6 is 15.9 Å². The highest BCUT2D eigenvalue weighted by Crippen LogP contribution is 2.24. The molecular formula is C18H27BrN2O. The van der Waals surface area contributed by atoms with Crippen molar-refractivity contribution in [3.63, 3.8) is 0 Å². The molecule has 122 valence electrons. The first-order chi connectivity index (χ1) is 10.5. The highest BCUT2D eigenvalue weighted by atomic mass is 79.9. The van der Waals surface area contributed by atoms with E-state index in [9.17, 15) is 4.79 Å². The number of carbonyl (C=O) groups excluding carboxylic acids is 1. The van der Waals surface area contributed by atoms with E-state index in [0.717, 1.165) is 24.0 Å². The van der Waals surface area contributed by atoms with Gasteiger partial charge < -0.3 is 10.6 Å². The van der Waals surface area contributed by atoms with E-state index >= 15 is 0 Å². The summed E-state index contributed by atoms with van der Waals surface area (Å²) < 4.78 is 1.09. The fourth-order valence-electron chi connectivity index (χ4n) is 3.27. The first-order valence-corrected chi connectivity index (χ1v) is 9.08. The molecule has 22 heavy (non-hydrogen) atoms. The molecular weight excluding hydrogens is 340 g/mol. The lowest BCUT2D eigenvalue weighted by Crippen LogP contribution is -2.37. The summed E-state index contributed by atoms with van der Waals surface area (Å²) in [5.41, 5.74) is 1.24. The molecule has 1 aliphatic rings. The second-order valence-electron chi connectivity index (χ2n) is 6.57. The molecule has 1 fully saturated rings. The minimum atomic E-state index is 0.169. The Bertz CT molecular complexity index is 486. The molecule has 1 aromatic rings. The van der Waals surface area contributed by atoms with Gasteiger partial charge in [0.25, 0.3) is 0 Å².